The molecule has 0 aromatic carbocycles. The number of hydrogen-bond donors (Lipinski definition) is 0. The van der Waals surface area contributed by atoms with Gasteiger partial charge in [0.05, 0.1) is 37.2 Å². The quantitative estimate of drug-likeness (QED) is 0.845. The number of likely N-dealkylation sites (tertiary alicyclic amines) is 1. The lowest BCUT2D eigenvalue weighted by molar-refractivity contribution is -0.188. The molecule has 2 aromatic heterocycles. The Bertz CT molecular complexity index is 740. The molecule has 1 spiro atoms. The van der Waals surface area contributed by atoms with Gasteiger partial charge in [0, 0.05) is 25.3 Å². The zero-order valence-electron chi connectivity index (χ0n) is 14.2. The van der Waals surface area contributed by atoms with E-state index in [1.807, 2.05) is 18.2 Å². The molecule has 4 heterocycles. The molecule has 2 aromatic rings. The monoisotopic (exact) mass is 343 g/mol. The molecule has 0 N–H and O–H groups in total. The molecule has 2 aliphatic heterocycles. The first-order valence-corrected chi connectivity index (χ1v) is 8.52. The summed E-state index contributed by atoms with van der Waals surface area (Å²) in [6.07, 6.45) is 3.55. The summed E-state index contributed by atoms with van der Waals surface area (Å²) in [6, 6.07) is 7.47. The molecule has 2 fully saturated rings. The predicted octanol–water partition coefficient (Wildman–Crippen LogP) is 1.97. The highest BCUT2D eigenvalue weighted by Crippen LogP contribution is 2.36. The number of aryl methyl sites for hydroxylation is 1. The first-order valence-electron chi connectivity index (χ1n) is 8.52. The molecular formula is C18H21N3O4. The fraction of sp³-hybridized carbons (Fsp3) is 0.500. The fourth-order valence-corrected chi connectivity index (χ4v) is 3.45. The second-order valence-electron chi connectivity index (χ2n) is 6.77. The van der Waals surface area contributed by atoms with Crippen molar-refractivity contribution in [2.45, 2.75) is 38.1 Å². The molecule has 7 heteroatoms. The van der Waals surface area contributed by atoms with Gasteiger partial charge in [0.25, 0.3) is 5.91 Å². The molecule has 0 radical (unpaired) electrons. The zero-order chi connectivity index (χ0) is 17.3. The van der Waals surface area contributed by atoms with Crippen molar-refractivity contribution in [3.8, 4) is 0 Å². The third-order valence-electron chi connectivity index (χ3n) is 4.72. The van der Waals surface area contributed by atoms with Crippen molar-refractivity contribution < 1.29 is 18.8 Å². The van der Waals surface area contributed by atoms with E-state index in [1.54, 1.807) is 24.1 Å². The van der Waals surface area contributed by atoms with Gasteiger partial charge in [-0.05, 0) is 25.5 Å². The maximum absolute atomic E-state index is 12.4. The Balaban J connectivity index is 1.31. The number of carbonyl (C=O) groups is 1. The predicted molar refractivity (Wildman–Crippen MR) is 87.9 cm³/mol. The van der Waals surface area contributed by atoms with Crippen molar-refractivity contribution in [3.05, 3.63) is 47.6 Å². The third kappa shape index (κ3) is 3.43. The van der Waals surface area contributed by atoms with Gasteiger partial charge in [-0.15, -0.1) is 0 Å². The van der Waals surface area contributed by atoms with Crippen LogP contribution >= 0.6 is 0 Å². The summed E-state index contributed by atoms with van der Waals surface area (Å²) in [5.41, 5.74) is 1.34. The molecule has 2 saturated heterocycles. The van der Waals surface area contributed by atoms with E-state index in [4.69, 9.17) is 14.0 Å². The summed E-state index contributed by atoms with van der Waals surface area (Å²) >= 11 is 0. The summed E-state index contributed by atoms with van der Waals surface area (Å²) in [5, 5.41) is 3.77. The van der Waals surface area contributed by atoms with Crippen molar-refractivity contribution in [2.24, 2.45) is 0 Å². The van der Waals surface area contributed by atoms with E-state index in [0.717, 1.165) is 18.5 Å². The molecule has 0 saturated carbocycles. The van der Waals surface area contributed by atoms with E-state index < -0.39 is 0 Å². The molecule has 0 bridgehead atoms. The number of nitrogens with zero attached hydrogens (tertiary/aromatic N) is 3. The second-order valence-corrected chi connectivity index (χ2v) is 6.77. The summed E-state index contributed by atoms with van der Waals surface area (Å²) in [6.45, 7) is 4.08. The minimum atomic E-state index is -0.294. The number of aromatic nitrogens is 2. The lowest BCUT2D eigenvalue weighted by Gasteiger charge is -2.52. The van der Waals surface area contributed by atoms with Gasteiger partial charge in [-0.25, -0.2) is 0 Å². The highest BCUT2D eigenvalue weighted by Gasteiger charge is 2.50. The molecule has 1 amide bonds. The van der Waals surface area contributed by atoms with Crippen LogP contribution in [0.2, 0.25) is 0 Å². The van der Waals surface area contributed by atoms with Crippen LogP contribution in [0.4, 0.5) is 0 Å². The average molecular weight is 343 g/mol. The smallest absolute Gasteiger partial charge is 0.292 e. The van der Waals surface area contributed by atoms with Gasteiger partial charge in [-0.3, -0.25) is 9.78 Å². The number of rotatable bonds is 4. The van der Waals surface area contributed by atoms with Gasteiger partial charge in [-0.1, -0.05) is 11.2 Å². The van der Waals surface area contributed by atoms with Crippen molar-refractivity contribution in [1.29, 1.82) is 0 Å². The normalized spacial score (nSPS) is 22.0. The molecule has 132 valence electrons. The van der Waals surface area contributed by atoms with E-state index in [9.17, 15) is 4.79 Å². The summed E-state index contributed by atoms with van der Waals surface area (Å²) < 4.78 is 17.0. The maximum Gasteiger partial charge on any atom is 0.292 e. The highest BCUT2D eigenvalue weighted by atomic mass is 16.5. The number of amides is 1. The Morgan fingerprint density at radius 1 is 1.44 bits per heavy atom. The molecular weight excluding hydrogens is 322 g/mol. The Hall–Kier alpha value is -2.25. The highest BCUT2D eigenvalue weighted by molar-refractivity contribution is 5.92. The lowest BCUT2D eigenvalue weighted by atomic mass is 9.84. The molecule has 7 nitrogen and oxygen atoms in total. The van der Waals surface area contributed by atoms with E-state index in [0.29, 0.717) is 32.0 Å². The van der Waals surface area contributed by atoms with E-state index in [2.05, 4.69) is 10.1 Å². The summed E-state index contributed by atoms with van der Waals surface area (Å²) in [4.78, 5) is 18.4. The van der Waals surface area contributed by atoms with Crippen molar-refractivity contribution in [2.75, 3.05) is 19.7 Å². The lowest BCUT2D eigenvalue weighted by Crippen LogP contribution is -2.67. The SMILES string of the molecule is Cc1cc(C(=O)N2CC3(CC(OCc4ccccn4)CCO3)C2)on1. The van der Waals surface area contributed by atoms with Gasteiger partial charge in [0.1, 0.15) is 5.60 Å². The first kappa shape index (κ1) is 16.2. The zero-order valence-corrected chi connectivity index (χ0v) is 14.2. The maximum atomic E-state index is 12.4. The largest absolute Gasteiger partial charge is 0.372 e. The van der Waals surface area contributed by atoms with Crippen LogP contribution < -0.4 is 0 Å². The van der Waals surface area contributed by atoms with Crippen LogP contribution in [0.1, 0.15) is 34.8 Å². The number of pyridine rings is 1. The van der Waals surface area contributed by atoms with Gasteiger partial charge in [0.2, 0.25) is 5.76 Å². The Kier molecular flexibility index (Phi) is 4.27. The molecule has 1 unspecified atom stereocenters. The van der Waals surface area contributed by atoms with Crippen molar-refractivity contribution >= 4 is 5.91 Å². The van der Waals surface area contributed by atoms with Gasteiger partial charge in [-0.2, -0.15) is 0 Å². The van der Waals surface area contributed by atoms with E-state index in [1.165, 1.54) is 0 Å². The minimum Gasteiger partial charge on any atom is -0.372 e. The van der Waals surface area contributed by atoms with Crippen LogP contribution in [0.15, 0.2) is 35.0 Å². The van der Waals surface area contributed by atoms with Crippen LogP contribution in [0.5, 0.6) is 0 Å². The Morgan fingerprint density at radius 2 is 2.32 bits per heavy atom. The molecule has 25 heavy (non-hydrogen) atoms. The van der Waals surface area contributed by atoms with Crippen LogP contribution in [0, 0.1) is 6.92 Å². The van der Waals surface area contributed by atoms with Gasteiger partial charge in [0.15, 0.2) is 0 Å². The fourth-order valence-electron chi connectivity index (χ4n) is 3.45. The number of hydrogen-bond acceptors (Lipinski definition) is 6. The van der Waals surface area contributed by atoms with Crippen molar-refractivity contribution in [3.63, 3.8) is 0 Å². The van der Waals surface area contributed by atoms with Gasteiger partial charge < -0.3 is 18.9 Å². The topological polar surface area (TPSA) is 77.7 Å². The third-order valence-corrected chi connectivity index (χ3v) is 4.72. The first-order chi connectivity index (χ1) is 12.1. The van der Waals surface area contributed by atoms with Crippen LogP contribution in [0.3, 0.4) is 0 Å². The number of ether oxygens (including phenoxy) is 2. The van der Waals surface area contributed by atoms with Crippen LogP contribution in [-0.4, -0.2) is 52.3 Å². The van der Waals surface area contributed by atoms with Crippen LogP contribution in [0.25, 0.3) is 0 Å². The second kappa shape index (κ2) is 6.57. The Labute approximate surface area is 145 Å². The van der Waals surface area contributed by atoms with E-state index >= 15 is 0 Å². The Morgan fingerprint density at radius 3 is 3.04 bits per heavy atom. The van der Waals surface area contributed by atoms with Gasteiger partial charge >= 0.3 is 0 Å². The number of carbonyl (C=O) groups excluding carboxylic acids is 1. The average Bonchev–Trinajstić information content (AvgIpc) is 3.05. The van der Waals surface area contributed by atoms with Crippen molar-refractivity contribution in [1.82, 2.24) is 15.0 Å². The summed E-state index contributed by atoms with van der Waals surface area (Å²) in [5.74, 6) is 0.150. The molecule has 1 atom stereocenters. The minimum absolute atomic E-state index is 0.125. The molecule has 4 rings (SSSR count). The molecule has 2 aliphatic rings. The van der Waals surface area contributed by atoms with Crippen LogP contribution in [-0.2, 0) is 16.1 Å². The standard InChI is InChI=1S/C18H21N3O4/c1-13-8-16(25-20-13)17(22)21-11-18(12-21)9-15(5-7-24-18)23-10-14-4-2-3-6-19-14/h2-4,6,8,15H,5,7,9-12H2,1H3. The van der Waals surface area contributed by atoms with E-state index in [-0.39, 0.29) is 23.4 Å². The molecule has 0 aliphatic carbocycles. The summed E-state index contributed by atoms with van der Waals surface area (Å²) in [7, 11) is 0.